The maximum atomic E-state index is 13.0. The van der Waals surface area contributed by atoms with Crippen molar-refractivity contribution in [1.29, 1.82) is 0 Å². The number of alkyl halides is 3. The van der Waals surface area contributed by atoms with Gasteiger partial charge >= 0.3 is 6.18 Å². The Balaban J connectivity index is 0.00000341. The lowest BCUT2D eigenvalue weighted by atomic mass is 10.3. The molecule has 2 N–H and O–H groups in total. The normalized spacial score (nSPS) is 11.8. The van der Waals surface area contributed by atoms with Crippen LogP contribution in [0.2, 0.25) is 0 Å². The molecule has 31 heavy (non-hydrogen) atoms. The Morgan fingerprint density at radius 3 is 2.39 bits per heavy atom. The SMILES string of the molecule is CN=C(NCCc1ccn(-c2ccc(F)cc2)n1)NCCc1nc(C(F)(F)F)cs1.I. The lowest BCUT2D eigenvalue weighted by molar-refractivity contribution is -0.140. The minimum absolute atomic E-state index is 0. The van der Waals surface area contributed by atoms with Crippen molar-refractivity contribution in [3.63, 3.8) is 0 Å². The first-order valence-electron chi connectivity index (χ1n) is 9.12. The second-order valence-corrected chi connectivity index (χ2v) is 7.22. The van der Waals surface area contributed by atoms with Crippen molar-refractivity contribution < 1.29 is 17.6 Å². The van der Waals surface area contributed by atoms with E-state index in [0.717, 1.165) is 28.1 Å². The summed E-state index contributed by atoms with van der Waals surface area (Å²) in [5.41, 5.74) is 0.763. The van der Waals surface area contributed by atoms with Gasteiger partial charge in [0.15, 0.2) is 11.7 Å². The number of aliphatic imine (C=N–C) groups is 1. The quantitative estimate of drug-likeness (QED) is 0.196. The molecule has 2 heterocycles. The molecule has 168 valence electrons. The largest absolute Gasteiger partial charge is 0.434 e. The highest BCUT2D eigenvalue weighted by atomic mass is 127. The van der Waals surface area contributed by atoms with E-state index in [1.165, 1.54) is 12.1 Å². The number of nitrogens with one attached hydrogen (secondary N) is 2. The lowest BCUT2D eigenvalue weighted by Gasteiger charge is -2.10. The molecule has 3 rings (SSSR count). The number of thiazole rings is 1. The smallest absolute Gasteiger partial charge is 0.356 e. The van der Waals surface area contributed by atoms with E-state index >= 15 is 0 Å². The van der Waals surface area contributed by atoms with E-state index in [-0.39, 0.29) is 29.8 Å². The van der Waals surface area contributed by atoms with E-state index in [2.05, 4.69) is 25.7 Å². The molecule has 0 spiro atoms. The van der Waals surface area contributed by atoms with Crippen molar-refractivity contribution in [2.75, 3.05) is 20.1 Å². The highest BCUT2D eigenvalue weighted by molar-refractivity contribution is 14.0. The summed E-state index contributed by atoms with van der Waals surface area (Å²) in [6, 6.07) is 7.93. The zero-order valence-electron chi connectivity index (χ0n) is 16.5. The third-order valence-corrected chi connectivity index (χ3v) is 5.01. The zero-order valence-corrected chi connectivity index (χ0v) is 19.6. The van der Waals surface area contributed by atoms with Crippen LogP contribution < -0.4 is 10.6 Å². The number of benzene rings is 1. The van der Waals surface area contributed by atoms with Crippen LogP contribution in [0.25, 0.3) is 5.69 Å². The van der Waals surface area contributed by atoms with Gasteiger partial charge in [-0.25, -0.2) is 14.1 Å². The first-order chi connectivity index (χ1) is 14.3. The first-order valence-corrected chi connectivity index (χ1v) is 10.00. The Hall–Kier alpha value is -2.22. The Morgan fingerprint density at radius 2 is 1.77 bits per heavy atom. The van der Waals surface area contributed by atoms with Crippen molar-refractivity contribution >= 4 is 41.3 Å². The Kier molecular flexibility index (Phi) is 9.22. The molecule has 0 amide bonds. The third-order valence-electron chi connectivity index (χ3n) is 4.11. The highest BCUT2D eigenvalue weighted by Gasteiger charge is 2.33. The van der Waals surface area contributed by atoms with Crippen LogP contribution >= 0.6 is 35.3 Å². The van der Waals surface area contributed by atoms with E-state index in [9.17, 15) is 17.6 Å². The van der Waals surface area contributed by atoms with Gasteiger partial charge in [-0.1, -0.05) is 0 Å². The lowest BCUT2D eigenvalue weighted by Crippen LogP contribution is -2.39. The summed E-state index contributed by atoms with van der Waals surface area (Å²) >= 11 is 0.989. The molecule has 3 aromatic rings. The minimum atomic E-state index is -4.41. The molecule has 0 saturated carbocycles. The molecule has 2 aromatic heterocycles. The Labute approximate surface area is 197 Å². The molecule has 0 aliphatic heterocycles. The van der Waals surface area contributed by atoms with Crippen molar-refractivity contribution in [3.05, 3.63) is 64.1 Å². The van der Waals surface area contributed by atoms with Gasteiger partial charge in [0.2, 0.25) is 0 Å². The standard InChI is InChI=1S/C19H20F4N6S.HI/c1-24-18(26-10-7-17-27-16(12-30-17)19(21,22)23)25-9-6-14-8-11-29(28-14)15-4-2-13(20)3-5-15;/h2-5,8,11-12H,6-7,9-10H2,1H3,(H2,24,25,26);1H. The van der Waals surface area contributed by atoms with Crippen LogP contribution in [0.15, 0.2) is 46.9 Å². The second kappa shape index (κ2) is 11.4. The monoisotopic (exact) mass is 568 g/mol. The second-order valence-electron chi connectivity index (χ2n) is 6.28. The summed E-state index contributed by atoms with van der Waals surface area (Å²) in [5, 5.41) is 12.1. The van der Waals surface area contributed by atoms with Crippen LogP contribution in [0.4, 0.5) is 17.6 Å². The Bertz CT molecular complexity index is 984. The van der Waals surface area contributed by atoms with E-state index < -0.39 is 11.9 Å². The van der Waals surface area contributed by atoms with Gasteiger partial charge in [-0.15, -0.1) is 35.3 Å². The van der Waals surface area contributed by atoms with Gasteiger partial charge in [-0.2, -0.15) is 18.3 Å². The van der Waals surface area contributed by atoms with Gasteiger partial charge in [-0.3, -0.25) is 4.99 Å². The number of hydrogen-bond acceptors (Lipinski definition) is 4. The average molecular weight is 568 g/mol. The number of nitrogens with zero attached hydrogens (tertiary/aromatic N) is 4. The number of aromatic nitrogens is 3. The maximum Gasteiger partial charge on any atom is 0.434 e. The molecule has 1 aromatic carbocycles. The predicted molar refractivity (Wildman–Crippen MR) is 123 cm³/mol. The molecule has 0 saturated heterocycles. The van der Waals surface area contributed by atoms with Gasteiger partial charge in [0.05, 0.1) is 16.4 Å². The number of halogens is 5. The van der Waals surface area contributed by atoms with Crippen LogP contribution in [0.5, 0.6) is 0 Å². The van der Waals surface area contributed by atoms with Crippen LogP contribution in [0.1, 0.15) is 16.4 Å². The maximum absolute atomic E-state index is 13.0. The molecule has 0 bridgehead atoms. The van der Waals surface area contributed by atoms with Crippen molar-refractivity contribution in [1.82, 2.24) is 25.4 Å². The molecule has 0 unspecified atom stereocenters. The van der Waals surface area contributed by atoms with Gasteiger partial charge < -0.3 is 10.6 Å². The summed E-state index contributed by atoms with van der Waals surface area (Å²) in [4.78, 5) is 7.69. The first kappa shape index (κ1) is 25.0. The van der Waals surface area contributed by atoms with Crippen LogP contribution in [-0.2, 0) is 19.0 Å². The predicted octanol–water partition coefficient (Wildman–Crippen LogP) is 4.05. The van der Waals surface area contributed by atoms with Gasteiger partial charge in [-0.05, 0) is 30.3 Å². The van der Waals surface area contributed by atoms with E-state index in [4.69, 9.17) is 0 Å². The summed E-state index contributed by atoms with van der Waals surface area (Å²) in [6.45, 7) is 0.971. The van der Waals surface area contributed by atoms with Crippen molar-refractivity contribution in [3.8, 4) is 5.69 Å². The molecule has 0 aliphatic rings. The molecule has 0 atom stereocenters. The fraction of sp³-hybridized carbons (Fsp3) is 0.316. The van der Waals surface area contributed by atoms with E-state index in [1.54, 1.807) is 30.1 Å². The molecular weight excluding hydrogens is 547 g/mol. The number of guanidine groups is 1. The molecular formula is C19H21F4IN6S. The van der Waals surface area contributed by atoms with Crippen molar-refractivity contribution in [2.24, 2.45) is 4.99 Å². The average Bonchev–Trinajstić information content (AvgIpc) is 3.37. The highest BCUT2D eigenvalue weighted by Crippen LogP contribution is 2.29. The number of rotatable bonds is 7. The molecule has 0 fully saturated rings. The molecule has 12 heteroatoms. The van der Waals surface area contributed by atoms with Crippen molar-refractivity contribution in [2.45, 2.75) is 19.0 Å². The number of hydrogen-bond donors (Lipinski definition) is 2. The minimum Gasteiger partial charge on any atom is -0.356 e. The molecule has 6 nitrogen and oxygen atoms in total. The fourth-order valence-electron chi connectivity index (χ4n) is 2.61. The van der Waals surface area contributed by atoms with Gasteiger partial charge in [0, 0.05) is 44.6 Å². The fourth-order valence-corrected chi connectivity index (χ4v) is 3.41. The van der Waals surface area contributed by atoms with E-state index in [1.807, 2.05) is 6.07 Å². The van der Waals surface area contributed by atoms with Gasteiger partial charge in [0.25, 0.3) is 0 Å². The van der Waals surface area contributed by atoms with Crippen LogP contribution in [0, 0.1) is 5.82 Å². The van der Waals surface area contributed by atoms with Crippen LogP contribution in [-0.4, -0.2) is 40.9 Å². The van der Waals surface area contributed by atoms with Crippen LogP contribution in [0.3, 0.4) is 0 Å². The Morgan fingerprint density at radius 1 is 1.10 bits per heavy atom. The summed E-state index contributed by atoms with van der Waals surface area (Å²) < 4.78 is 52.4. The molecule has 0 aliphatic carbocycles. The summed E-state index contributed by atoms with van der Waals surface area (Å²) in [7, 11) is 1.61. The van der Waals surface area contributed by atoms with Gasteiger partial charge in [0.1, 0.15) is 5.82 Å². The summed E-state index contributed by atoms with van der Waals surface area (Å²) in [6.07, 6.45) is -1.61. The third kappa shape index (κ3) is 7.45. The zero-order chi connectivity index (χ0) is 21.6. The summed E-state index contributed by atoms with van der Waals surface area (Å²) in [5.74, 6) is 0.241. The van der Waals surface area contributed by atoms with E-state index in [0.29, 0.717) is 36.9 Å². The topological polar surface area (TPSA) is 67.1 Å². The molecule has 0 radical (unpaired) electrons.